The van der Waals surface area contributed by atoms with Crippen LogP contribution in [0.1, 0.15) is 17.0 Å². The van der Waals surface area contributed by atoms with Gasteiger partial charge >= 0.3 is 0 Å². The van der Waals surface area contributed by atoms with Crippen molar-refractivity contribution in [3.05, 3.63) is 35.3 Å². The monoisotopic (exact) mass is 229 g/mol. The van der Waals surface area contributed by atoms with E-state index in [9.17, 15) is 0 Å². The lowest BCUT2D eigenvalue weighted by Gasteiger charge is -2.06. The maximum absolute atomic E-state index is 8.68. The van der Waals surface area contributed by atoms with Crippen molar-refractivity contribution in [2.24, 2.45) is 0 Å². The highest BCUT2D eigenvalue weighted by molar-refractivity contribution is 5.63. The van der Waals surface area contributed by atoms with Crippen LogP contribution in [0.4, 0.5) is 11.5 Å². The summed E-state index contributed by atoms with van der Waals surface area (Å²) in [7, 11) is 0. The number of nitrogens with one attached hydrogen (secondary N) is 1. The third-order valence-electron chi connectivity index (χ3n) is 2.16. The summed E-state index contributed by atoms with van der Waals surface area (Å²) in [4.78, 5) is 4.05. The van der Waals surface area contributed by atoms with Crippen LogP contribution in [-0.4, -0.2) is 10.1 Å². The number of aryl methyl sites for hydroxylation is 1. The molecule has 0 aliphatic rings. The smallest absolute Gasteiger partial charge is 0.149 e. The molecule has 0 bridgehead atoms. The van der Waals surface area contributed by atoms with E-state index < -0.39 is 0 Å². The second-order valence-corrected chi connectivity index (χ2v) is 3.56. The second-order valence-electron chi connectivity index (χ2n) is 3.56. The molecule has 0 fully saturated rings. The van der Waals surface area contributed by atoms with E-state index in [2.05, 4.69) is 15.5 Å². The van der Waals surface area contributed by atoms with E-state index in [1.54, 1.807) is 6.07 Å². The molecule has 0 aliphatic heterocycles. The molecule has 0 aliphatic carbocycles. The first-order chi connectivity index (χ1) is 8.19. The number of hydrogen-bond donors (Lipinski definition) is 2. The van der Waals surface area contributed by atoms with Crippen molar-refractivity contribution >= 4 is 11.5 Å². The van der Waals surface area contributed by atoms with Crippen molar-refractivity contribution in [3.63, 3.8) is 0 Å². The Morgan fingerprint density at radius 3 is 2.94 bits per heavy atom. The Morgan fingerprint density at radius 1 is 1.53 bits per heavy atom. The van der Waals surface area contributed by atoms with E-state index >= 15 is 0 Å². The summed E-state index contributed by atoms with van der Waals surface area (Å²) < 4.78 is 4.93. The summed E-state index contributed by atoms with van der Waals surface area (Å²) in [5, 5.41) is 15.5. The fourth-order valence-corrected chi connectivity index (χ4v) is 1.37. The molecule has 2 rings (SSSR count). The molecular formula is C11H11N5O. The zero-order valence-corrected chi connectivity index (χ0v) is 9.27. The molecule has 0 atom stereocenters. The average Bonchev–Trinajstić information content (AvgIpc) is 2.73. The van der Waals surface area contributed by atoms with Gasteiger partial charge in [0.05, 0.1) is 17.8 Å². The first kappa shape index (κ1) is 11.0. The van der Waals surface area contributed by atoms with Crippen molar-refractivity contribution < 1.29 is 4.52 Å². The average molecular weight is 229 g/mol. The molecule has 0 radical (unpaired) electrons. The van der Waals surface area contributed by atoms with Crippen LogP contribution >= 0.6 is 0 Å². The maximum atomic E-state index is 8.68. The largest absolute Gasteiger partial charge is 0.396 e. The van der Waals surface area contributed by atoms with Crippen LogP contribution in [-0.2, 0) is 6.54 Å². The van der Waals surface area contributed by atoms with Crippen LogP contribution in [0.5, 0.6) is 0 Å². The molecule has 6 heteroatoms. The predicted molar refractivity (Wildman–Crippen MR) is 61.9 cm³/mol. The summed E-state index contributed by atoms with van der Waals surface area (Å²) in [6.45, 7) is 2.30. The van der Waals surface area contributed by atoms with Crippen LogP contribution < -0.4 is 11.1 Å². The number of anilines is 2. The third kappa shape index (κ3) is 2.52. The Bertz CT molecular complexity index is 569. The molecule has 6 nitrogen and oxygen atoms in total. The standard InChI is InChI=1S/C11H11N5O/c1-7-2-9(16-17-7)6-15-11-10(13)3-8(4-12)5-14-11/h2-3,5H,6,13H2,1H3,(H,14,15). The number of nitrogen functional groups attached to an aromatic ring is 1. The Hall–Kier alpha value is -2.55. The lowest BCUT2D eigenvalue weighted by molar-refractivity contribution is 0.391. The van der Waals surface area contributed by atoms with Gasteiger partial charge < -0.3 is 15.6 Å². The zero-order chi connectivity index (χ0) is 12.3. The number of pyridine rings is 1. The van der Waals surface area contributed by atoms with Crippen LogP contribution in [0.3, 0.4) is 0 Å². The van der Waals surface area contributed by atoms with Crippen molar-refractivity contribution in [1.29, 1.82) is 5.26 Å². The number of aromatic nitrogens is 2. The van der Waals surface area contributed by atoms with Crippen LogP contribution in [0.2, 0.25) is 0 Å². The van der Waals surface area contributed by atoms with Gasteiger partial charge in [-0.25, -0.2) is 4.98 Å². The number of nitriles is 1. The minimum Gasteiger partial charge on any atom is -0.396 e. The molecule has 3 N–H and O–H groups in total. The summed E-state index contributed by atoms with van der Waals surface area (Å²) in [6.07, 6.45) is 1.47. The van der Waals surface area contributed by atoms with Gasteiger partial charge in [-0.15, -0.1) is 0 Å². The zero-order valence-electron chi connectivity index (χ0n) is 9.27. The van der Waals surface area contributed by atoms with Gasteiger partial charge in [0.25, 0.3) is 0 Å². The van der Waals surface area contributed by atoms with E-state index in [4.69, 9.17) is 15.5 Å². The molecular weight excluding hydrogens is 218 g/mol. The molecule has 86 valence electrons. The van der Waals surface area contributed by atoms with Crippen molar-refractivity contribution in [1.82, 2.24) is 10.1 Å². The Balaban J connectivity index is 2.07. The van der Waals surface area contributed by atoms with Gasteiger partial charge in [-0.3, -0.25) is 0 Å². The summed E-state index contributed by atoms with van der Waals surface area (Å²) >= 11 is 0. The van der Waals surface area contributed by atoms with Gasteiger partial charge in [-0.1, -0.05) is 5.16 Å². The van der Waals surface area contributed by atoms with Crippen molar-refractivity contribution in [2.45, 2.75) is 13.5 Å². The quantitative estimate of drug-likeness (QED) is 0.825. The number of nitrogens with two attached hydrogens (primary N) is 1. The minimum atomic E-state index is 0.435. The van der Waals surface area contributed by atoms with E-state index in [-0.39, 0.29) is 0 Å². The second kappa shape index (κ2) is 4.53. The lowest BCUT2D eigenvalue weighted by atomic mass is 10.2. The predicted octanol–water partition coefficient (Wildman–Crippen LogP) is 1.44. The van der Waals surface area contributed by atoms with Gasteiger partial charge in [0, 0.05) is 12.3 Å². The molecule has 2 aromatic rings. The highest BCUT2D eigenvalue weighted by atomic mass is 16.5. The van der Waals surface area contributed by atoms with E-state index in [0.717, 1.165) is 11.5 Å². The first-order valence-corrected chi connectivity index (χ1v) is 5.00. The Labute approximate surface area is 98.1 Å². The molecule has 0 amide bonds. The van der Waals surface area contributed by atoms with Gasteiger partial charge in [-0.2, -0.15) is 5.26 Å². The lowest BCUT2D eigenvalue weighted by Crippen LogP contribution is -2.05. The van der Waals surface area contributed by atoms with E-state index in [1.165, 1.54) is 6.20 Å². The van der Waals surface area contributed by atoms with Gasteiger partial charge in [0.15, 0.2) is 0 Å². The molecule has 17 heavy (non-hydrogen) atoms. The first-order valence-electron chi connectivity index (χ1n) is 5.00. The summed E-state index contributed by atoms with van der Waals surface area (Å²) in [5.74, 6) is 1.28. The topological polar surface area (TPSA) is 101 Å². The Kier molecular flexibility index (Phi) is 2.92. The molecule has 0 unspecified atom stereocenters. The van der Waals surface area contributed by atoms with E-state index in [0.29, 0.717) is 23.6 Å². The fraction of sp³-hybridized carbons (Fsp3) is 0.182. The maximum Gasteiger partial charge on any atom is 0.149 e. The van der Waals surface area contributed by atoms with Gasteiger partial charge in [-0.05, 0) is 13.0 Å². The van der Waals surface area contributed by atoms with E-state index in [1.807, 2.05) is 19.1 Å². The van der Waals surface area contributed by atoms with Gasteiger partial charge in [0.1, 0.15) is 23.3 Å². The summed E-state index contributed by atoms with van der Waals surface area (Å²) in [6, 6.07) is 5.37. The molecule has 0 aromatic carbocycles. The van der Waals surface area contributed by atoms with Crippen molar-refractivity contribution in [2.75, 3.05) is 11.1 Å². The third-order valence-corrected chi connectivity index (χ3v) is 2.16. The van der Waals surface area contributed by atoms with Crippen LogP contribution in [0.15, 0.2) is 22.9 Å². The number of rotatable bonds is 3. The van der Waals surface area contributed by atoms with Crippen LogP contribution in [0, 0.1) is 18.3 Å². The van der Waals surface area contributed by atoms with Crippen LogP contribution in [0.25, 0.3) is 0 Å². The molecule has 2 aromatic heterocycles. The molecule has 2 heterocycles. The highest BCUT2D eigenvalue weighted by Gasteiger charge is 2.04. The highest BCUT2D eigenvalue weighted by Crippen LogP contribution is 2.16. The Morgan fingerprint density at radius 2 is 2.35 bits per heavy atom. The number of hydrogen-bond acceptors (Lipinski definition) is 6. The fourth-order valence-electron chi connectivity index (χ4n) is 1.37. The molecule has 0 spiro atoms. The minimum absolute atomic E-state index is 0.435. The molecule has 0 saturated carbocycles. The SMILES string of the molecule is Cc1cc(CNc2ncc(C#N)cc2N)no1. The summed E-state index contributed by atoms with van der Waals surface area (Å²) in [5.41, 5.74) is 7.39. The molecule has 0 saturated heterocycles. The van der Waals surface area contributed by atoms with Gasteiger partial charge in [0.2, 0.25) is 0 Å². The number of nitrogens with zero attached hydrogens (tertiary/aromatic N) is 3. The van der Waals surface area contributed by atoms with Crippen molar-refractivity contribution in [3.8, 4) is 6.07 Å². The normalized spacial score (nSPS) is 9.88.